The first-order valence-electron chi connectivity index (χ1n) is 9.83. The molecule has 6 heteroatoms. The molecule has 2 atom stereocenters. The van der Waals surface area contributed by atoms with Crippen LogP contribution in [0.2, 0.25) is 0 Å². The lowest BCUT2D eigenvalue weighted by atomic mass is 10.1. The molecule has 0 fully saturated rings. The molecule has 5 nitrogen and oxygen atoms in total. The van der Waals surface area contributed by atoms with Gasteiger partial charge in [0.2, 0.25) is 5.91 Å². The third kappa shape index (κ3) is 3.73. The van der Waals surface area contributed by atoms with Crippen molar-refractivity contribution in [2.45, 2.75) is 25.6 Å². The summed E-state index contributed by atoms with van der Waals surface area (Å²) in [6, 6.07) is 12.6. The maximum atomic E-state index is 14.8. The van der Waals surface area contributed by atoms with Gasteiger partial charge in [0.25, 0.3) is 0 Å². The number of carbonyl (C=O) groups is 1. The lowest BCUT2D eigenvalue weighted by Crippen LogP contribution is -2.37. The van der Waals surface area contributed by atoms with Crippen LogP contribution in [0.25, 0.3) is 11.8 Å². The molecule has 0 aliphatic heterocycles. The van der Waals surface area contributed by atoms with Crippen LogP contribution in [0.4, 0.5) is 4.39 Å². The van der Waals surface area contributed by atoms with Crippen molar-refractivity contribution in [2.24, 2.45) is 0 Å². The Morgan fingerprint density at radius 2 is 2.10 bits per heavy atom. The molecule has 0 saturated heterocycles. The maximum absolute atomic E-state index is 14.8. The number of imidazole rings is 1. The maximum Gasteiger partial charge on any atom is 0.246 e. The minimum Gasteiger partial charge on any atom is -0.495 e. The molecule has 0 radical (unpaired) electrons. The number of rotatable bonds is 5. The number of methoxy groups -OCH3 is 1. The van der Waals surface area contributed by atoms with Crippen molar-refractivity contribution in [1.29, 1.82) is 0 Å². The van der Waals surface area contributed by atoms with Crippen molar-refractivity contribution in [3.05, 3.63) is 83.4 Å². The van der Waals surface area contributed by atoms with Gasteiger partial charge in [0.15, 0.2) is 0 Å². The quantitative estimate of drug-likeness (QED) is 0.595. The van der Waals surface area contributed by atoms with Gasteiger partial charge in [0.1, 0.15) is 11.9 Å². The molecule has 0 spiro atoms. The van der Waals surface area contributed by atoms with Crippen molar-refractivity contribution < 1.29 is 13.9 Å². The van der Waals surface area contributed by atoms with Gasteiger partial charge in [0, 0.05) is 19.3 Å². The molecule has 1 aromatic heterocycles. The van der Waals surface area contributed by atoms with Crippen LogP contribution in [-0.2, 0) is 11.2 Å². The van der Waals surface area contributed by atoms with E-state index in [-0.39, 0.29) is 5.91 Å². The lowest BCUT2D eigenvalue weighted by molar-refractivity contribution is -0.127. The molecule has 1 amide bonds. The van der Waals surface area contributed by atoms with E-state index in [1.54, 1.807) is 32.6 Å². The van der Waals surface area contributed by atoms with Gasteiger partial charge >= 0.3 is 0 Å². The van der Waals surface area contributed by atoms with Crippen molar-refractivity contribution >= 4 is 12.0 Å². The topological polar surface area (TPSA) is 47.4 Å². The predicted octanol–water partition coefficient (Wildman–Crippen LogP) is 4.30. The summed E-state index contributed by atoms with van der Waals surface area (Å²) in [6.07, 6.45) is 6.21. The molecule has 1 aliphatic carbocycles. The molecular weight excluding hydrogens is 381 g/mol. The van der Waals surface area contributed by atoms with Crippen LogP contribution in [0.3, 0.4) is 0 Å². The number of benzene rings is 2. The second-order valence-corrected chi connectivity index (χ2v) is 7.51. The van der Waals surface area contributed by atoms with Gasteiger partial charge in [0.05, 0.1) is 30.9 Å². The van der Waals surface area contributed by atoms with Gasteiger partial charge in [-0.25, -0.2) is 9.37 Å². The van der Waals surface area contributed by atoms with Gasteiger partial charge in [-0.05, 0) is 48.2 Å². The van der Waals surface area contributed by atoms with Crippen molar-refractivity contribution in [1.82, 2.24) is 14.5 Å². The number of carbonyl (C=O) groups excluding carboxylic acids is 1. The molecule has 1 aliphatic rings. The van der Waals surface area contributed by atoms with Crippen molar-refractivity contribution in [3.8, 4) is 11.4 Å². The van der Waals surface area contributed by atoms with E-state index in [2.05, 4.69) is 4.98 Å². The van der Waals surface area contributed by atoms with E-state index in [1.807, 2.05) is 54.1 Å². The molecule has 3 aromatic rings. The van der Waals surface area contributed by atoms with Crippen LogP contribution < -0.4 is 4.74 Å². The molecule has 1 unspecified atom stereocenters. The Hall–Kier alpha value is -3.41. The Bertz CT molecular complexity index is 1110. The number of halogens is 1. The number of aryl methyl sites for hydroxylation is 1. The highest BCUT2D eigenvalue weighted by Crippen LogP contribution is 2.36. The number of ether oxygens (including phenoxy) is 1. The largest absolute Gasteiger partial charge is 0.495 e. The fourth-order valence-corrected chi connectivity index (χ4v) is 3.87. The number of aromatic nitrogens is 2. The summed E-state index contributed by atoms with van der Waals surface area (Å²) in [5, 5.41) is 0. The summed E-state index contributed by atoms with van der Waals surface area (Å²) >= 11 is 0. The number of fused-ring (bicyclic) bond motifs is 1. The number of hydrogen-bond acceptors (Lipinski definition) is 3. The van der Waals surface area contributed by atoms with Gasteiger partial charge in [-0.15, -0.1) is 0 Å². The minimum atomic E-state index is -1.17. The minimum absolute atomic E-state index is 0.233. The smallest absolute Gasteiger partial charge is 0.246 e. The Morgan fingerprint density at radius 1 is 1.30 bits per heavy atom. The summed E-state index contributed by atoms with van der Waals surface area (Å²) < 4.78 is 22.2. The molecule has 0 saturated carbocycles. The number of amides is 1. The van der Waals surface area contributed by atoms with Crippen LogP contribution >= 0.6 is 0 Å². The fraction of sp³-hybridized carbons (Fsp3) is 0.250. The molecule has 2 aromatic carbocycles. The molecular formula is C24H24FN3O2. The van der Waals surface area contributed by atoms with Crippen molar-refractivity contribution in [3.63, 3.8) is 0 Å². The van der Waals surface area contributed by atoms with E-state index in [0.717, 1.165) is 22.5 Å². The molecule has 0 N–H and O–H groups in total. The standard InChI is InChI=1S/C24H24FN3O2/c1-16-14-28(15-26-16)20-10-8-17(12-22(20)30-3)9-11-23(29)27(2)21-13-18-6-4-5-7-19(18)24(21)25/h4-12,14-15,21,24H,13H2,1-3H3/t21?,24-/m0/s1. The molecule has 4 rings (SSSR count). The van der Waals surface area contributed by atoms with Crippen LogP contribution in [0, 0.1) is 6.92 Å². The monoisotopic (exact) mass is 405 g/mol. The Morgan fingerprint density at radius 3 is 2.80 bits per heavy atom. The Balaban J connectivity index is 1.49. The Labute approximate surface area is 175 Å². The fourth-order valence-electron chi connectivity index (χ4n) is 3.87. The van der Waals surface area contributed by atoms with Crippen molar-refractivity contribution in [2.75, 3.05) is 14.2 Å². The van der Waals surface area contributed by atoms with Gasteiger partial charge in [-0.2, -0.15) is 0 Å². The normalized spacial score (nSPS) is 17.9. The zero-order valence-electron chi connectivity index (χ0n) is 17.2. The van der Waals surface area contributed by atoms with Crippen LogP contribution in [0.15, 0.2) is 61.1 Å². The van der Waals surface area contributed by atoms with Crippen LogP contribution in [-0.4, -0.2) is 40.6 Å². The summed E-state index contributed by atoms with van der Waals surface area (Å²) in [5.41, 5.74) is 4.24. The average Bonchev–Trinajstić information content (AvgIpc) is 3.34. The van der Waals surface area contributed by atoms with Crippen LogP contribution in [0.5, 0.6) is 5.75 Å². The van der Waals surface area contributed by atoms with Gasteiger partial charge in [-0.3, -0.25) is 4.79 Å². The number of alkyl halides is 1. The first-order chi connectivity index (χ1) is 14.5. The van der Waals surface area contributed by atoms with E-state index in [1.165, 1.54) is 11.0 Å². The lowest BCUT2D eigenvalue weighted by Gasteiger charge is -2.25. The van der Waals surface area contributed by atoms with Gasteiger partial charge in [-0.1, -0.05) is 30.3 Å². The zero-order valence-corrected chi connectivity index (χ0v) is 17.2. The highest BCUT2D eigenvalue weighted by Gasteiger charge is 2.36. The second kappa shape index (κ2) is 8.14. The number of hydrogen-bond donors (Lipinski definition) is 0. The third-order valence-electron chi connectivity index (χ3n) is 5.58. The highest BCUT2D eigenvalue weighted by atomic mass is 19.1. The summed E-state index contributed by atoms with van der Waals surface area (Å²) in [7, 11) is 3.26. The zero-order chi connectivity index (χ0) is 21.3. The third-order valence-corrected chi connectivity index (χ3v) is 5.58. The van der Waals surface area contributed by atoms with Gasteiger partial charge < -0.3 is 14.2 Å². The molecule has 1 heterocycles. The molecule has 0 bridgehead atoms. The first-order valence-corrected chi connectivity index (χ1v) is 9.83. The molecule has 154 valence electrons. The summed E-state index contributed by atoms with van der Waals surface area (Å²) in [5.74, 6) is 0.439. The predicted molar refractivity (Wildman–Crippen MR) is 114 cm³/mol. The molecule has 30 heavy (non-hydrogen) atoms. The van der Waals surface area contributed by atoms with E-state index in [0.29, 0.717) is 17.7 Å². The van der Waals surface area contributed by atoms with Crippen LogP contribution in [0.1, 0.15) is 28.6 Å². The highest BCUT2D eigenvalue weighted by molar-refractivity contribution is 5.92. The average molecular weight is 405 g/mol. The van der Waals surface area contributed by atoms with E-state index in [9.17, 15) is 9.18 Å². The summed E-state index contributed by atoms with van der Waals surface area (Å²) in [4.78, 5) is 18.4. The SMILES string of the molecule is COc1cc(C=CC(=O)N(C)C2Cc3ccccc3[C@@H]2F)ccc1-n1cnc(C)c1. The first kappa shape index (κ1) is 19.9. The summed E-state index contributed by atoms with van der Waals surface area (Å²) in [6.45, 7) is 1.92. The number of nitrogens with zero attached hydrogens (tertiary/aromatic N) is 3. The van der Waals surface area contributed by atoms with E-state index < -0.39 is 12.2 Å². The Kier molecular flexibility index (Phi) is 5.40. The van der Waals surface area contributed by atoms with E-state index in [4.69, 9.17) is 4.74 Å². The van der Waals surface area contributed by atoms with E-state index >= 15 is 0 Å². The second-order valence-electron chi connectivity index (χ2n) is 7.51. The number of likely N-dealkylation sites (N-methyl/N-ethyl adjacent to an activating group) is 1.